The molecule has 0 saturated heterocycles. The van der Waals surface area contributed by atoms with Gasteiger partial charge in [0.2, 0.25) is 0 Å². The van der Waals surface area contributed by atoms with Crippen LogP contribution >= 0.6 is 15.9 Å². The summed E-state index contributed by atoms with van der Waals surface area (Å²) in [6, 6.07) is 19.2. The van der Waals surface area contributed by atoms with E-state index >= 15 is 0 Å². The highest BCUT2D eigenvalue weighted by Crippen LogP contribution is 2.29. The van der Waals surface area contributed by atoms with Crippen LogP contribution in [0.15, 0.2) is 76.1 Å². The first-order chi connectivity index (χ1) is 12.9. The van der Waals surface area contributed by atoms with Crippen molar-refractivity contribution in [2.75, 3.05) is 11.8 Å². The number of sulfonamides is 1. The summed E-state index contributed by atoms with van der Waals surface area (Å²) in [6.07, 6.45) is 0. The molecule has 5 nitrogen and oxygen atoms in total. The van der Waals surface area contributed by atoms with Crippen LogP contribution in [0, 0.1) is 0 Å². The summed E-state index contributed by atoms with van der Waals surface area (Å²) in [5.41, 5.74) is 2.77. The maximum absolute atomic E-state index is 12.7. The Labute approximate surface area is 166 Å². The van der Waals surface area contributed by atoms with E-state index in [0.717, 1.165) is 15.6 Å². The molecule has 0 aliphatic heterocycles. The molecule has 0 saturated carbocycles. The van der Waals surface area contributed by atoms with Crippen LogP contribution in [0.5, 0.6) is 5.75 Å². The Morgan fingerprint density at radius 2 is 1.56 bits per heavy atom. The largest absolute Gasteiger partial charge is 0.495 e. The van der Waals surface area contributed by atoms with Gasteiger partial charge in [0.05, 0.1) is 24.3 Å². The lowest BCUT2D eigenvalue weighted by molar-refractivity contribution is 0.281. The molecule has 3 rings (SSSR count). The summed E-state index contributed by atoms with van der Waals surface area (Å²) >= 11 is 3.40. The average Bonchev–Trinajstić information content (AvgIpc) is 2.68. The fourth-order valence-electron chi connectivity index (χ4n) is 2.61. The second-order valence-corrected chi connectivity index (χ2v) is 8.43. The van der Waals surface area contributed by atoms with E-state index in [0.29, 0.717) is 11.3 Å². The maximum Gasteiger partial charge on any atom is 0.262 e. The van der Waals surface area contributed by atoms with Gasteiger partial charge in [-0.3, -0.25) is 4.72 Å². The quantitative estimate of drug-likeness (QED) is 0.586. The number of methoxy groups -OCH3 is 1. The Bertz CT molecular complexity index is 1030. The van der Waals surface area contributed by atoms with Crippen LogP contribution < -0.4 is 9.46 Å². The van der Waals surface area contributed by atoms with Crippen molar-refractivity contribution >= 4 is 31.6 Å². The predicted octanol–water partition coefficient (Wildman–Crippen LogP) is 4.42. The minimum absolute atomic E-state index is 0.139. The Morgan fingerprint density at radius 3 is 2.11 bits per heavy atom. The van der Waals surface area contributed by atoms with E-state index in [9.17, 15) is 13.5 Å². The zero-order valence-electron chi connectivity index (χ0n) is 14.5. The molecule has 2 N–H and O–H groups in total. The molecule has 27 heavy (non-hydrogen) atoms. The van der Waals surface area contributed by atoms with E-state index in [1.54, 1.807) is 42.5 Å². The summed E-state index contributed by atoms with van der Waals surface area (Å²) in [5.74, 6) is 0.377. The molecule has 0 amide bonds. The Hall–Kier alpha value is -2.35. The molecule has 0 aromatic heterocycles. The molecule has 0 aliphatic carbocycles. The van der Waals surface area contributed by atoms with Crippen LogP contribution in [0.2, 0.25) is 0 Å². The smallest absolute Gasteiger partial charge is 0.262 e. The van der Waals surface area contributed by atoms with Gasteiger partial charge in [-0.15, -0.1) is 0 Å². The van der Waals surface area contributed by atoms with Crippen molar-refractivity contribution in [1.29, 1.82) is 0 Å². The fourth-order valence-corrected chi connectivity index (χ4v) is 3.93. The van der Waals surface area contributed by atoms with Crippen molar-refractivity contribution in [2.45, 2.75) is 11.5 Å². The zero-order valence-corrected chi connectivity index (χ0v) is 16.9. The molecule has 0 aliphatic rings. The van der Waals surface area contributed by atoms with E-state index in [-0.39, 0.29) is 17.2 Å². The molecule has 0 bridgehead atoms. The lowest BCUT2D eigenvalue weighted by Crippen LogP contribution is -2.13. The molecule has 0 heterocycles. The lowest BCUT2D eigenvalue weighted by Gasteiger charge is -2.13. The van der Waals surface area contributed by atoms with E-state index in [1.807, 2.05) is 24.3 Å². The Morgan fingerprint density at radius 1 is 0.963 bits per heavy atom. The summed E-state index contributed by atoms with van der Waals surface area (Å²) in [7, 11) is -2.34. The predicted molar refractivity (Wildman–Crippen MR) is 109 cm³/mol. The van der Waals surface area contributed by atoms with Crippen molar-refractivity contribution in [3.63, 3.8) is 0 Å². The number of halogens is 1. The molecule has 7 heteroatoms. The minimum atomic E-state index is -3.80. The summed E-state index contributed by atoms with van der Waals surface area (Å²) in [6.45, 7) is -0.194. The molecular weight excluding hydrogens is 430 g/mol. The van der Waals surface area contributed by atoms with Crippen molar-refractivity contribution in [3.8, 4) is 16.9 Å². The summed E-state index contributed by atoms with van der Waals surface area (Å²) in [4.78, 5) is 0.139. The maximum atomic E-state index is 12.7. The van der Waals surface area contributed by atoms with Crippen molar-refractivity contribution in [2.24, 2.45) is 0 Å². The van der Waals surface area contributed by atoms with E-state index in [4.69, 9.17) is 4.74 Å². The highest BCUT2D eigenvalue weighted by Gasteiger charge is 2.17. The van der Waals surface area contributed by atoms with Gasteiger partial charge < -0.3 is 9.84 Å². The van der Waals surface area contributed by atoms with Gasteiger partial charge in [0.25, 0.3) is 10.0 Å². The number of anilines is 1. The second-order valence-electron chi connectivity index (χ2n) is 5.83. The van der Waals surface area contributed by atoms with Gasteiger partial charge in [-0.2, -0.15) is 0 Å². The normalized spacial score (nSPS) is 11.2. The molecule has 0 spiro atoms. The minimum Gasteiger partial charge on any atom is -0.495 e. The van der Waals surface area contributed by atoms with Crippen LogP contribution in [-0.2, 0) is 16.6 Å². The molecule has 3 aromatic rings. The van der Waals surface area contributed by atoms with Gasteiger partial charge in [0, 0.05) is 4.47 Å². The van der Waals surface area contributed by atoms with Gasteiger partial charge in [-0.25, -0.2) is 8.42 Å². The third kappa shape index (κ3) is 4.50. The first-order valence-electron chi connectivity index (χ1n) is 8.09. The second kappa shape index (κ2) is 8.12. The lowest BCUT2D eigenvalue weighted by atomic mass is 10.1. The molecule has 3 aromatic carbocycles. The highest BCUT2D eigenvalue weighted by molar-refractivity contribution is 9.10. The SMILES string of the molecule is COc1ccc(CO)cc1NS(=O)(=O)c1ccc(-c2ccc(Br)cc2)cc1. The first kappa shape index (κ1) is 19.4. The van der Waals surface area contributed by atoms with Crippen LogP contribution in [0.3, 0.4) is 0 Å². The third-order valence-electron chi connectivity index (χ3n) is 4.03. The highest BCUT2D eigenvalue weighted by atomic mass is 79.9. The fraction of sp³-hybridized carbons (Fsp3) is 0.100. The Balaban J connectivity index is 1.88. The number of aliphatic hydroxyl groups excluding tert-OH is 1. The zero-order chi connectivity index (χ0) is 19.4. The number of aliphatic hydroxyl groups is 1. The molecule has 0 unspecified atom stereocenters. The number of nitrogens with one attached hydrogen (secondary N) is 1. The first-order valence-corrected chi connectivity index (χ1v) is 10.4. The topological polar surface area (TPSA) is 75.6 Å². The number of ether oxygens (including phenoxy) is 1. The van der Waals surface area contributed by atoms with Crippen LogP contribution in [0.1, 0.15) is 5.56 Å². The van der Waals surface area contributed by atoms with Gasteiger partial charge in [-0.05, 0) is 53.1 Å². The Kier molecular flexibility index (Phi) is 5.84. The van der Waals surface area contributed by atoms with E-state index in [2.05, 4.69) is 20.7 Å². The average molecular weight is 448 g/mol. The number of rotatable bonds is 6. The molecule has 140 valence electrons. The van der Waals surface area contributed by atoms with Crippen LogP contribution in [-0.4, -0.2) is 20.6 Å². The van der Waals surface area contributed by atoms with E-state index in [1.165, 1.54) is 7.11 Å². The van der Waals surface area contributed by atoms with Gasteiger partial charge >= 0.3 is 0 Å². The monoisotopic (exact) mass is 447 g/mol. The van der Waals surface area contributed by atoms with Gasteiger partial charge in [0.1, 0.15) is 5.75 Å². The molecule has 0 atom stereocenters. The third-order valence-corrected chi connectivity index (χ3v) is 5.94. The molecular formula is C20H18BrNO4S. The number of hydrogen-bond donors (Lipinski definition) is 2. The number of hydrogen-bond acceptors (Lipinski definition) is 4. The van der Waals surface area contributed by atoms with E-state index < -0.39 is 10.0 Å². The van der Waals surface area contributed by atoms with Crippen molar-refractivity contribution in [3.05, 3.63) is 76.8 Å². The standard InChI is InChI=1S/C20H18BrNO4S/c1-26-20-11-2-14(13-23)12-19(20)22-27(24,25)18-9-5-16(6-10-18)15-3-7-17(21)8-4-15/h2-12,22-23H,13H2,1H3. The summed E-state index contributed by atoms with van der Waals surface area (Å²) in [5, 5.41) is 9.28. The number of benzene rings is 3. The van der Waals surface area contributed by atoms with Crippen molar-refractivity contribution < 1.29 is 18.3 Å². The van der Waals surface area contributed by atoms with Crippen LogP contribution in [0.25, 0.3) is 11.1 Å². The summed E-state index contributed by atoms with van der Waals surface area (Å²) < 4.78 is 34.2. The van der Waals surface area contributed by atoms with Crippen LogP contribution in [0.4, 0.5) is 5.69 Å². The van der Waals surface area contributed by atoms with Crippen molar-refractivity contribution in [1.82, 2.24) is 0 Å². The molecule has 0 fully saturated rings. The van der Waals surface area contributed by atoms with Gasteiger partial charge in [0.15, 0.2) is 0 Å². The molecule has 0 radical (unpaired) electrons. The van der Waals surface area contributed by atoms with Gasteiger partial charge in [-0.1, -0.05) is 46.3 Å².